The van der Waals surface area contributed by atoms with E-state index >= 15 is 0 Å². The number of aromatic nitrogens is 3. The molecule has 0 bridgehead atoms. The Bertz CT molecular complexity index is 654. The lowest BCUT2D eigenvalue weighted by Gasteiger charge is -2.41. The Labute approximate surface area is 141 Å². The number of carbonyl (C=O) groups excluding carboxylic acids is 3. The van der Waals surface area contributed by atoms with Crippen molar-refractivity contribution in [3.8, 4) is 0 Å². The van der Waals surface area contributed by atoms with E-state index in [4.69, 9.17) is 0 Å². The zero-order valence-corrected chi connectivity index (χ0v) is 14.8. The van der Waals surface area contributed by atoms with Gasteiger partial charge in [-0.2, -0.15) is 5.10 Å². The second-order valence-electron chi connectivity index (χ2n) is 6.16. The van der Waals surface area contributed by atoms with Crippen LogP contribution in [0, 0.1) is 13.8 Å². The lowest BCUT2D eigenvalue weighted by molar-refractivity contribution is -0.151. The molecule has 9 nitrogen and oxygen atoms in total. The quantitative estimate of drug-likeness (QED) is 0.709. The lowest BCUT2D eigenvalue weighted by Crippen LogP contribution is -2.61. The Hall–Kier alpha value is -2.45. The molecule has 0 aromatic carbocycles. The van der Waals surface area contributed by atoms with Gasteiger partial charge in [-0.1, -0.05) is 0 Å². The van der Waals surface area contributed by atoms with Gasteiger partial charge in [0, 0.05) is 34.1 Å². The minimum Gasteiger partial charge on any atom is -0.347 e. The number of nitrogens with zero attached hydrogens (tertiary/aromatic N) is 6. The van der Waals surface area contributed by atoms with Crippen LogP contribution in [0.4, 0.5) is 0 Å². The second-order valence-corrected chi connectivity index (χ2v) is 6.16. The number of piperazine rings is 1. The molecule has 2 heterocycles. The smallest absolute Gasteiger partial charge is 0.246 e. The maximum absolute atomic E-state index is 12.7. The molecule has 0 N–H and O–H groups in total. The van der Waals surface area contributed by atoms with Crippen LogP contribution in [0.3, 0.4) is 0 Å². The van der Waals surface area contributed by atoms with E-state index in [0.29, 0.717) is 24.7 Å². The van der Waals surface area contributed by atoms with Crippen molar-refractivity contribution in [3.05, 3.63) is 11.6 Å². The van der Waals surface area contributed by atoms with Crippen LogP contribution in [-0.2, 0) is 20.9 Å². The van der Waals surface area contributed by atoms with Crippen molar-refractivity contribution in [3.63, 3.8) is 0 Å². The summed E-state index contributed by atoms with van der Waals surface area (Å²) in [5.41, 5.74) is 0. The first-order valence-electron chi connectivity index (χ1n) is 7.85. The maximum Gasteiger partial charge on any atom is 0.246 e. The number of hydrogen-bond donors (Lipinski definition) is 0. The van der Waals surface area contributed by atoms with E-state index in [1.807, 2.05) is 0 Å². The summed E-state index contributed by atoms with van der Waals surface area (Å²) >= 11 is 0. The number of amides is 3. The lowest BCUT2D eigenvalue weighted by atomic mass is 10.1. The van der Waals surface area contributed by atoms with Gasteiger partial charge in [-0.05, 0) is 13.8 Å². The number of carbonyl (C=O) groups is 3. The summed E-state index contributed by atoms with van der Waals surface area (Å²) in [6.45, 7) is 6.01. The largest absolute Gasteiger partial charge is 0.347 e. The van der Waals surface area contributed by atoms with Gasteiger partial charge in [-0.25, -0.2) is 9.67 Å². The molecule has 1 saturated heterocycles. The summed E-state index contributed by atoms with van der Waals surface area (Å²) in [6.07, 6.45) is 0. The highest BCUT2D eigenvalue weighted by Gasteiger charge is 2.37. The average Bonchev–Trinajstić information content (AvgIpc) is 2.83. The van der Waals surface area contributed by atoms with Crippen LogP contribution in [0.15, 0.2) is 0 Å². The van der Waals surface area contributed by atoms with Crippen LogP contribution >= 0.6 is 0 Å². The minimum absolute atomic E-state index is 0.0317. The highest BCUT2D eigenvalue weighted by atomic mass is 16.2. The molecule has 0 spiro atoms. The summed E-state index contributed by atoms with van der Waals surface area (Å²) in [5.74, 6) is 0.759. The summed E-state index contributed by atoms with van der Waals surface area (Å²) < 4.78 is 1.53. The van der Waals surface area contributed by atoms with E-state index in [1.165, 1.54) is 21.4 Å². The van der Waals surface area contributed by atoms with Gasteiger partial charge in [-0.15, -0.1) is 0 Å². The molecule has 3 amide bonds. The fraction of sp³-hybridized carbons (Fsp3) is 0.667. The molecular weight excluding hydrogens is 312 g/mol. The second kappa shape index (κ2) is 6.98. The predicted molar refractivity (Wildman–Crippen MR) is 85.9 cm³/mol. The Kier molecular flexibility index (Phi) is 5.20. The van der Waals surface area contributed by atoms with E-state index in [0.717, 1.165) is 0 Å². The van der Waals surface area contributed by atoms with Gasteiger partial charge in [0.25, 0.3) is 0 Å². The molecule has 24 heavy (non-hydrogen) atoms. The molecular formula is C15H24N6O3. The van der Waals surface area contributed by atoms with Crippen LogP contribution in [0.2, 0.25) is 0 Å². The van der Waals surface area contributed by atoms with Crippen LogP contribution in [-0.4, -0.2) is 87.0 Å². The number of likely N-dealkylation sites (N-methyl/N-ethyl adjacent to an activating group) is 1. The van der Waals surface area contributed by atoms with E-state index in [-0.39, 0.29) is 30.8 Å². The third kappa shape index (κ3) is 3.72. The highest BCUT2D eigenvalue weighted by Crippen LogP contribution is 2.13. The van der Waals surface area contributed by atoms with Gasteiger partial charge in [0.15, 0.2) is 0 Å². The molecule has 1 aromatic heterocycles. The van der Waals surface area contributed by atoms with E-state index in [2.05, 4.69) is 10.1 Å². The van der Waals surface area contributed by atoms with Crippen LogP contribution in [0.5, 0.6) is 0 Å². The summed E-state index contributed by atoms with van der Waals surface area (Å²) in [7, 11) is 3.28. The first kappa shape index (κ1) is 17.9. The molecule has 1 unspecified atom stereocenters. The number of hydrogen-bond acceptors (Lipinski definition) is 5. The van der Waals surface area contributed by atoms with Crippen molar-refractivity contribution >= 4 is 17.7 Å². The van der Waals surface area contributed by atoms with Gasteiger partial charge >= 0.3 is 0 Å². The first-order chi connectivity index (χ1) is 11.2. The molecule has 9 heteroatoms. The van der Waals surface area contributed by atoms with Gasteiger partial charge in [-0.3, -0.25) is 14.4 Å². The molecule has 0 radical (unpaired) electrons. The number of aryl methyl sites for hydroxylation is 2. The van der Waals surface area contributed by atoms with Crippen LogP contribution in [0.1, 0.15) is 18.6 Å². The van der Waals surface area contributed by atoms with Gasteiger partial charge in [0.1, 0.15) is 24.2 Å². The molecule has 1 atom stereocenters. The van der Waals surface area contributed by atoms with Crippen LogP contribution in [0.25, 0.3) is 0 Å². The molecule has 1 aliphatic heterocycles. The standard InChI is InChI=1S/C15H24N6O3/c1-10-16-11(2)21(17-10)9-14(23)20-7-6-19(12(3)22)8-13(20)15(24)18(4)5/h13H,6-9H2,1-5H3. The molecule has 0 aliphatic carbocycles. The first-order valence-corrected chi connectivity index (χ1v) is 7.85. The third-order valence-electron chi connectivity index (χ3n) is 4.12. The molecule has 1 aromatic rings. The summed E-state index contributed by atoms with van der Waals surface area (Å²) in [4.78, 5) is 45.6. The Morgan fingerprint density at radius 1 is 1.21 bits per heavy atom. The fourth-order valence-electron chi connectivity index (χ4n) is 2.81. The van der Waals surface area contributed by atoms with Crippen molar-refractivity contribution in [2.24, 2.45) is 0 Å². The summed E-state index contributed by atoms with van der Waals surface area (Å²) in [6, 6.07) is -0.671. The average molecular weight is 336 g/mol. The Balaban J connectivity index is 2.18. The Morgan fingerprint density at radius 2 is 1.88 bits per heavy atom. The monoisotopic (exact) mass is 336 g/mol. The fourth-order valence-corrected chi connectivity index (χ4v) is 2.81. The van der Waals surface area contributed by atoms with Crippen molar-refractivity contribution < 1.29 is 14.4 Å². The zero-order valence-electron chi connectivity index (χ0n) is 14.8. The molecule has 1 fully saturated rings. The maximum atomic E-state index is 12.7. The predicted octanol–water partition coefficient (Wildman–Crippen LogP) is -0.958. The van der Waals surface area contributed by atoms with E-state index in [9.17, 15) is 14.4 Å². The van der Waals surface area contributed by atoms with Gasteiger partial charge in [0.2, 0.25) is 17.7 Å². The topological polar surface area (TPSA) is 91.6 Å². The molecule has 2 rings (SSSR count). The van der Waals surface area contributed by atoms with Crippen molar-refractivity contribution in [2.45, 2.75) is 33.4 Å². The van der Waals surface area contributed by atoms with Crippen molar-refractivity contribution in [2.75, 3.05) is 33.7 Å². The highest BCUT2D eigenvalue weighted by molar-refractivity contribution is 5.88. The minimum atomic E-state index is -0.671. The van der Waals surface area contributed by atoms with Crippen LogP contribution < -0.4 is 0 Å². The van der Waals surface area contributed by atoms with Gasteiger partial charge in [0.05, 0.1) is 6.54 Å². The van der Waals surface area contributed by atoms with Crippen molar-refractivity contribution in [1.82, 2.24) is 29.5 Å². The molecule has 0 saturated carbocycles. The van der Waals surface area contributed by atoms with E-state index < -0.39 is 6.04 Å². The van der Waals surface area contributed by atoms with E-state index in [1.54, 1.807) is 32.8 Å². The Morgan fingerprint density at radius 3 is 2.38 bits per heavy atom. The molecule has 132 valence electrons. The normalized spacial score (nSPS) is 17.8. The third-order valence-corrected chi connectivity index (χ3v) is 4.12. The number of rotatable bonds is 3. The zero-order chi connectivity index (χ0) is 18.0. The summed E-state index contributed by atoms with van der Waals surface area (Å²) in [5, 5.41) is 4.19. The SMILES string of the molecule is CC(=O)N1CCN(C(=O)Cn2nc(C)nc2C)C(C(=O)N(C)C)C1. The van der Waals surface area contributed by atoms with Gasteiger partial charge < -0.3 is 14.7 Å². The molecule has 1 aliphatic rings. The van der Waals surface area contributed by atoms with Crippen molar-refractivity contribution in [1.29, 1.82) is 0 Å².